The molecule has 0 spiro atoms. The van der Waals surface area contributed by atoms with Gasteiger partial charge in [0.25, 0.3) is 0 Å². The molecule has 0 atom stereocenters. The van der Waals surface area contributed by atoms with Crippen molar-refractivity contribution in [2.75, 3.05) is 0 Å². The zero-order valence-corrected chi connectivity index (χ0v) is 9.88. The van der Waals surface area contributed by atoms with Crippen LogP contribution < -0.4 is 0 Å². The number of nitrogens with one attached hydrogen (secondary N) is 1. The number of nitrogens with zero attached hydrogens (tertiary/aromatic N) is 2. The van der Waals surface area contributed by atoms with E-state index in [9.17, 15) is 4.79 Å². The molecule has 6 heteroatoms. The van der Waals surface area contributed by atoms with Crippen LogP contribution in [0.2, 0.25) is 0 Å². The van der Waals surface area contributed by atoms with Gasteiger partial charge in [0.05, 0.1) is 0 Å². The number of H-pyrrole nitrogens is 1. The van der Waals surface area contributed by atoms with Crippen LogP contribution in [0, 0.1) is 0 Å². The number of carbonyl (C=O) groups excluding carboxylic acids is 1. The Kier molecular flexibility index (Phi) is 3.17. The van der Waals surface area contributed by atoms with Gasteiger partial charge in [-0.1, -0.05) is 15.9 Å². The lowest BCUT2D eigenvalue weighted by Crippen LogP contribution is -1.86. The van der Waals surface area contributed by atoms with Crippen LogP contribution in [0.25, 0.3) is 0 Å². The lowest BCUT2D eigenvalue weighted by molar-refractivity contribution is 0.112. The predicted octanol–water partition coefficient (Wildman–Crippen LogP) is 2.53. The van der Waals surface area contributed by atoms with Crippen molar-refractivity contribution in [3.8, 4) is 0 Å². The Hall–Kier alpha value is -1.14. The number of carbonyl (C=O) groups is 1. The molecule has 4 nitrogen and oxygen atoms in total. The number of aromatic amines is 1. The molecular formula is C9H6BrN3OS. The molecule has 1 heterocycles. The molecule has 15 heavy (non-hydrogen) atoms. The molecule has 0 saturated heterocycles. The van der Waals surface area contributed by atoms with E-state index < -0.39 is 0 Å². The molecule has 1 aromatic heterocycles. The average molecular weight is 284 g/mol. The molecule has 0 unspecified atom stereocenters. The highest BCUT2D eigenvalue weighted by atomic mass is 79.9. The first-order chi connectivity index (χ1) is 7.29. The second-order valence-corrected chi connectivity index (χ2v) is 4.64. The molecule has 0 radical (unpaired) electrons. The van der Waals surface area contributed by atoms with E-state index in [-0.39, 0.29) is 0 Å². The van der Waals surface area contributed by atoms with Crippen LogP contribution in [-0.2, 0) is 0 Å². The number of aromatic nitrogens is 3. The van der Waals surface area contributed by atoms with E-state index in [0.717, 1.165) is 15.7 Å². The molecule has 0 saturated carbocycles. The number of hydrogen-bond donors (Lipinski definition) is 1. The topological polar surface area (TPSA) is 58.6 Å². The van der Waals surface area contributed by atoms with Gasteiger partial charge in [0.15, 0.2) is 11.4 Å². The molecule has 0 fully saturated rings. The average Bonchev–Trinajstić information content (AvgIpc) is 2.73. The Balaban J connectivity index is 2.32. The van der Waals surface area contributed by atoms with Gasteiger partial charge in [-0.25, -0.2) is 4.98 Å². The number of rotatable bonds is 3. The van der Waals surface area contributed by atoms with Gasteiger partial charge in [0.1, 0.15) is 6.33 Å². The SMILES string of the molecule is O=Cc1cc(Br)ccc1Sc1ncn[nH]1. The highest BCUT2D eigenvalue weighted by molar-refractivity contribution is 9.10. The summed E-state index contributed by atoms with van der Waals surface area (Å²) in [7, 11) is 0. The monoisotopic (exact) mass is 283 g/mol. The first-order valence-electron chi connectivity index (χ1n) is 4.07. The number of hydrogen-bond acceptors (Lipinski definition) is 4. The Bertz CT molecular complexity index is 472. The van der Waals surface area contributed by atoms with Crippen LogP contribution >= 0.6 is 27.7 Å². The Labute approximate surface area is 98.6 Å². The molecule has 1 N–H and O–H groups in total. The largest absolute Gasteiger partial charge is 0.298 e. The van der Waals surface area contributed by atoms with Crippen molar-refractivity contribution < 1.29 is 4.79 Å². The predicted molar refractivity (Wildman–Crippen MR) is 60.0 cm³/mol. The van der Waals surface area contributed by atoms with Gasteiger partial charge in [-0.2, -0.15) is 5.10 Å². The van der Waals surface area contributed by atoms with Crippen molar-refractivity contribution in [1.29, 1.82) is 0 Å². The normalized spacial score (nSPS) is 10.2. The fourth-order valence-corrected chi connectivity index (χ4v) is 2.20. The number of halogens is 1. The maximum Gasteiger partial charge on any atom is 0.188 e. The zero-order chi connectivity index (χ0) is 10.7. The summed E-state index contributed by atoms with van der Waals surface area (Å²) >= 11 is 4.68. The summed E-state index contributed by atoms with van der Waals surface area (Å²) in [5.41, 5.74) is 0.630. The van der Waals surface area contributed by atoms with E-state index in [4.69, 9.17) is 0 Å². The van der Waals surface area contributed by atoms with Gasteiger partial charge in [-0.05, 0) is 30.0 Å². The van der Waals surface area contributed by atoms with E-state index in [1.165, 1.54) is 18.1 Å². The molecular weight excluding hydrogens is 278 g/mol. The van der Waals surface area contributed by atoms with Crippen LogP contribution in [0.4, 0.5) is 0 Å². The van der Waals surface area contributed by atoms with E-state index in [2.05, 4.69) is 31.1 Å². The summed E-state index contributed by atoms with van der Waals surface area (Å²) in [6.45, 7) is 0. The van der Waals surface area contributed by atoms with Crippen LogP contribution in [0.15, 0.2) is 39.1 Å². The Morgan fingerprint density at radius 2 is 2.33 bits per heavy atom. The second kappa shape index (κ2) is 4.59. The first-order valence-corrected chi connectivity index (χ1v) is 5.68. The van der Waals surface area contributed by atoms with Gasteiger partial charge >= 0.3 is 0 Å². The minimum Gasteiger partial charge on any atom is -0.298 e. The van der Waals surface area contributed by atoms with Gasteiger partial charge < -0.3 is 0 Å². The smallest absolute Gasteiger partial charge is 0.188 e. The van der Waals surface area contributed by atoms with Gasteiger partial charge in [-0.15, -0.1) is 0 Å². The minimum absolute atomic E-state index is 0.630. The molecule has 0 aliphatic rings. The van der Waals surface area contributed by atoms with Crippen LogP contribution in [0.5, 0.6) is 0 Å². The second-order valence-electron chi connectivity index (χ2n) is 2.69. The van der Waals surface area contributed by atoms with Crippen molar-refractivity contribution in [1.82, 2.24) is 15.2 Å². The molecule has 0 aliphatic carbocycles. The third kappa shape index (κ3) is 2.45. The zero-order valence-electron chi connectivity index (χ0n) is 7.48. The molecule has 0 aliphatic heterocycles. The molecule has 2 rings (SSSR count). The van der Waals surface area contributed by atoms with Crippen LogP contribution in [-0.4, -0.2) is 21.5 Å². The third-order valence-electron chi connectivity index (χ3n) is 1.70. The lowest BCUT2D eigenvalue weighted by atomic mass is 10.2. The van der Waals surface area contributed by atoms with Gasteiger partial charge in [0.2, 0.25) is 0 Å². The van der Waals surface area contributed by atoms with Crippen molar-refractivity contribution in [3.63, 3.8) is 0 Å². The number of benzene rings is 1. The van der Waals surface area contributed by atoms with Crippen molar-refractivity contribution >= 4 is 34.0 Å². The molecule has 76 valence electrons. The van der Waals surface area contributed by atoms with Crippen molar-refractivity contribution in [2.45, 2.75) is 10.1 Å². The van der Waals surface area contributed by atoms with Crippen molar-refractivity contribution in [3.05, 3.63) is 34.6 Å². The summed E-state index contributed by atoms with van der Waals surface area (Å²) < 4.78 is 0.881. The van der Waals surface area contributed by atoms with E-state index in [1.54, 1.807) is 6.07 Å². The summed E-state index contributed by atoms with van der Waals surface area (Å²) in [6, 6.07) is 5.51. The molecule has 1 aromatic carbocycles. The van der Waals surface area contributed by atoms with E-state index in [1.807, 2.05) is 12.1 Å². The highest BCUT2D eigenvalue weighted by Crippen LogP contribution is 2.28. The van der Waals surface area contributed by atoms with E-state index >= 15 is 0 Å². The molecule has 0 amide bonds. The fraction of sp³-hybridized carbons (Fsp3) is 0. The van der Waals surface area contributed by atoms with Crippen molar-refractivity contribution in [2.24, 2.45) is 0 Å². The highest BCUT2D eigenvalue weighted by Gasteiger charge is 2.06. The molecule has 2 aromatic rings. The Morgan fingerprint density at radius 1 is 1.47 bits per heavy atom. The number of aldehydes is 1. The maximum atomic E-state index is 10.8. The summed E-state index contributed by atoms with van der Waals surface area (Å²) in [4.78, 5) is 15.7. The standard InChI is InChI=1S/C9H6BrN3OS/c10-7-1-2-8(6(3-7)4-14)15-9-11-5-12-13-9/h1-5H,(H,11,12,13). The summed E-state index contributed by atoms with van der Waals surface area (Å²) in [5, 5.41) is 7.13. The minimum atomic E-state index is 0.630. The third-order valence-corrected chi connectivity index (χ3v) is 3.17. The first kappa shape index (κ1) is 10.4. The summed E-state index contributed by atoms with van der Waals surface area (Å²) in [5.74, 6) is 0. The van der Waals surface area contributed by atoms with Crippen LogP contribution in [0.1, 0.15) is 10.4 Å². The lowest BCUT2D eigenvalue weighted by Gasteiger charge is -2.01. The van der Waals surface area contributed by atoms with Gasteiger partial charge in [0, 0.05) is 14.9 Å². The maximum absolute atomic E-state index is 10.8. The van der Waals surface area contributed by atoms with Gasteiger partial charge in [-0.3, -0.25) is 9.89 Å². The summed E-state index contributed by atoms with van der Waals surface area (Å²) in [6.07, 6.45) is 2.26. The fourth-order valence-electron chi connectivity index (χ4n) is 1.05. The quantitative estimate of drug-likeness (QED) is 0.880. The molecule has 0 bridgehead atoms. The van der Waals surface area contributed by atoms with Crippen LogP contribution in [0.3, 0.4) is 0 Å². The Morgan fingerprint density at radius 3 is 3.00 bits per heavy atom. The van der Waals surface area contributed by atoms with E-state index in [0.29, 0.717) is 10.7 Å².